The number of benzene rings is 2. The molecule has 1 amide bonds. The van der Waals surface area contributed by atoms with Crippen LogP contribution in [-0.4, -0.2) is 19.0 Å². The Morgan fingerprint density at radius 1 is 1.20 bits per heavy atom. The van der Waals surface area contributed by atoms with E-state index in [2.05, 4.69) is 10.6 Å². The van der Waals surface area contributed by atoms with Gasteiger partial charge in [0.25, 0.3) is 0 Å². The molecule has 2 aromatic carbocycles. The Kier molecular flexibility index (Phi) is 6.33. The monoisotopic (exact) mass is 368 g/mol. The van der Waals surface area contributed by atoms with Crippen molar-refractivity contribution in [2.75, 3.05) is 18.4 Å². The van der Waals surface area contributed by atoms with Crippen LogP contribution in [0.1, 0.15) is 6.92 Å². The first-order chi connectivity index (χ1) is 11.5. The Labute approximate surface area is 151 Å². The van der Waals surface area contributed by atoms with Crippen LogP contribution in [0.5, 0.6) is 11.5 Å². The van der Waals surface area contributed by atoms with Crippen molar-refractivity contribution in [3.8, 4) is 11.5 Å². The third-order valence-electron chi connectivity index (χ3n) is 4.14. The molecular formula is C18H19ClF2N2O2. The third-order valence-corrected chi connectivity index (χ3v) is 4.14. The molecule has 0 radical (unpaired) electrons. The lowest BCUT2D eigenvalue weighted by Crippen LogP contribution is -2.48. The van der Waals surface area contributed by atoms with Crippen LogP contribution >= 0.6 is 12.4 Å². The number of anilines is 1. The predicted octanol–water partition coefficient (Wildman–Crippen LogP) is 3.97. The number of ether oxygens (including phenoxy) is 1. The second-order valence-corrected chi connectivity index (χ2v) is 5.90. The van der Waals surface area contributed by atoms with E-state index in [9.17, 15) is 13.6 Å². The van der Waals surface area contributed by atoms with E-state index in [1.807, 2.05) is 6.92 Å². The first kappa shape index (κ1) is 19.1. The molecule has 2 N–H and O–H groups in total. The molecule has 4 nitrogen and oxygen atoms in total. The van der Waals surface area contributed by atoms with E-state index in [-0.39, 0.29) is 30.0 Å². The fourth-order valence-electron chi connectivity index (χ4n) is 2.50. The van der Waals surface area contributed by atoms with E-state index < -0.39 is 11.6 Å². The van der Waals surface area contributed by atoms with Crippen molar-refractivity contribution >= 4 is 24.0 Å². The maximum absolute atomic E-state index is 13.3. The minimum Gasteiger partial charge on any atom is -0.455 e. The summed E-state index contributed by atoms with van der Waals surface area (Å²) in [6, 6.07) is 9.75. The minimum absolute atomic E-state index is 0. The van der Waals surface area contributed by atoms with Gasteiger partial charge >= 0.3 is 0 Å². The average molecular weight is 369 g/mol. The normalized spacial score (nSPS) is 14.8. The van der Waals surface area contributed by atoms with Crippen molar-refractivity contribution in [3.63, 3.8) is 0 Å². The highest BCUT2D eigenvalue weighted by atomic mass is 35.5. The molecule has 3 rings (SSSR count). The Balaban J connectivity index is 0.00000225. The van der Waals surface area contributed by atoms with Crippen molar-refractivity contribution in [1.82, 2.24) is 5.32 Å². The first-order valence-corrected chi connectivity index (χ1v) is 7.77. The van der Waals surface area contributed by atoms with Crippen LogP contribution in [0, 0.1) is 23.5 Å². The molecule has 1 atom stereocenters. The van der Waals surface area contributed by atoms with Gasteiger partial charge < -0.3 is 15.4 Å². The average Bonchev–Trinajstić information content (AvgIpc) is 2.46. The van der Waals surface area contributed by atoms with Gasteiger partial charge in [0.2, 0.25) is 5.91 Å². The molecule has 1 fully saturated rings. The molecule has 1 unspecified atom stereocenters. The number of nitrogens with one attached hydrogen (secondary N) is 2. The van der Waals surface area contributed by atoms with Crippen LogP contribution in [-0.2, 0) is 4.79 Å². The maximum Gasteiger partial charge on any atom is 0.227 e. The number of amides is 1. The molecule has 134 valence electrons. The largest absolute Gasteiger partial charge is 0.455 e. The van der Waals surface area contributed by atoms with Gasteiger partial charge in [0.15, 0.2) is 5.75 Å². The molecule has 0 bridgehead atoms. The van der Waals surface area contributed by atoms with Crippen LogP contribution in [0.2, 0.25) is 0 Å². The van der Waals surface area contributed by atoms with E-state index in [4.69, 9.17) is 4.74 Å². The van der Waals surface area contributed by atoms with Gasteiger partial charge in [0, 0.05) is 24.1 Å². The topological polar surface area (TPSA) is 50.4 Å². The molecule has 7 heteroatoms. The number of hydrogen-bond donors (Lipinski definition) is 2. The number of carbonyl (C=O) groups excluding carboxylic acids is 1. The SMILES string of the molecule is CC(C(=O)Nc1ccccc1Oc1cc(F)cc(F)c1)C1CNC1.Cl. The Morgan fingerprint density at radius 2 is 1.84 bits per heavy atom. The van der Waals surface area contributed by atoms with Gasteiger partial charge in [0.1, 0.15) is 17.4 Å². The van der Waals surface area contributed by atoms with Crippen LogP contribution in [0.4, 0.5) is 14.5 Å². The highest BCUT2D eigenvalue weighted by Crippen LogP contribution is 2.31. The molecule has 1 heterocycles. The summed E-state index contributed by atoms with van der Waals surface area (Å²) in [4.78, 5) is 12.3. The standard InChI is InChI=1S/C18H18F2N2O2.ClH/c1-11(12-9-21-10-12)18(23)22-16-4-2-3-5-17(16)24-15-7-13(19)6-14(20)8-15;/h2-8,11-12,21H,9-10H2,1H3,(H,22,23);1H. The molecule has 25 heavy (non-hydrogen) atoms. The van der Waals surface area contributed by atoms with E-state index in [1.54, 1.807) is 24.3 Å². The summed E-state index contributed by atoms with van der Waals surface area (Å²) >= 11 is 0. The molecular weight excluding hydrogens is 350 g/mol. The summed E-state index contributed by atoms with van der Waals surface area (Å²) in [5.41, 5.74) is 0.464. The van der Waals surface area contributed by atoms with Crippen LogP contribution < -0.4 is 15.4 Å². The molecule has 0 aliphatic carbocycles. The van der Waals surface area contributed by atoms with Crippen molar-refractivity contribution in [2.45, 2.75) is 6.92 Å². The van der Waals surface area contributed by atoms with Gasteiger partial charge in [-0.05, 0) is 31.1 Å². The highest BCUT2D eigenvalue weighted by Gasteiger charge is 2.29. The summed E-state index contributed by atoms with van der Waals surface area (Å²) in [5, 5.41) is 5.97. The summed E-state index contributed by atoms with van der Waals surface area (Å²) in [6.07, 6.45) is 0. The van der Waals surface area contributed by atoms with Gasteiger partial charge in [-0.1, -0.05) is 19.1 Å². The van der Waals surface area contributed by atoms with E-state index in [0.717, 1.165) is 31.3 Å². The zero-order chi connectivity index (χ0) is 17.1. The molecule has 0 spiro atoms. The fraction of sp³-hybridized carbons (Fsp3) is 0.278. The van der Waals surface area contributed by atoms with Crippen molar-refractivity contribution in [1.29, 1.82) is 0 Å². The summed E-state index contributed by atoms with van der Waals surface area (Å²) < 4.78 is 32.1. The quantitative estimate of drug-likeness (QED) is 0.839. The van der Waals surface area contributed by atoms with Crippen molar-refractivity contribution in [2.24, 2.45) is 11.8 Å². The van der Waals surface area contributed by atoms with E-state index in [0.29, 0.717) is 17.4 Å². The van der Waals surface area contributed by atoms with E-state index in [1.165, 1.54) is 0 Å². The first-order valence-electron chi connectivity index (χ1n) is 7.77. The summed E-state index contributed by atoms with van der Waals surface area (Å²) in [6.45, 7) is 3.54. The Bertz CT molecular complexity index is 733. The number of rotatable bonds is 5. The van der Waals surface area contributed by atoms with Gasteiger partial charge in [0.05, 0.1) is 5.69 Å². The number of halogens is 3. The number of para-hydroxylation sites is 2. The minimum atomic E-state index is -0.724. The molecule has 1 saturated heterocycles. The molecule has 1 aliphatic heterocycles. The molecule has 2 aromatic rings. The number of hydrogen-bond acceptors (Lipinski definition) is 3. The van der Waals surface area contributed by atoms with Crippen LogP contribution in [0.3, 0.4) is 0 Å². The lowest BCUT2D eigenvalue weighted by molar-refractivity contribution is -0.121. The van der Waals surface area contributed by atoms with Crippen LogP contribution in [0.25, 0.3) is 0 Å². The molecule has 0 aromatic heterocycles. The second-order valence-electron chi connectivity index (χ2n) is 5.90. The Morgan fingerprint density at radius 3 is 2.44 bits per heavy atom. The smallest absolute Gasteiger partial charge is 0.227 e. The van der Waals surface area contributed by atoms with Gasteiger partial charge in [-0.25, -0.2) is 8.78 Å². The zero-order valence-electron chi connectivity index (χ0n) is 13.6. The summed E-state index contributed by atoms with van der Waals surface area (Å²) in [7, 11) is 0. The van der Waals surface area contributed by atoms with Gasteiger partial charge in [-0.3, -0.25) is 4.79 Å². The van der Waals surface area contributed by atoms with Crippen molar-refractivity contribution in [3.05, 3.63) is 54.1 Å². The van der Waals surface area contributed by atoms with Crippen molar-refractivity contribution < 1.29 is 18.3 Å². The third kappa shape index (κ3) is 4.67. The highest BCUT2D eigenvalue weighted by molar-refractivity contribution is 5.94. The number of carbonyl (C=O) groups is 1. The van der Waals surface area contributed by atoms with Gasteiger partial charge in [-0.15, -0.1) is 12.4 Å². The molecule has 0 saturated carbocycles. The van der Waals surface area contributed by atoms with Gasteiger partial charge in [-0.2, -0.15) is 0 Å². The van der Waals surface area contributed by atoms with E-state index >= 15 is 0 Å². The Hall–Kier alpha value is -2.18. The fourth-order valence-corrected chi connectivity index (χ4v) is 2.50. The lowest BCUT2D eigenvalue weighted by atomic mass is 9.88. The second kappa shape index (κ2) is 8.27. The maximum atomic E-state index is 13.3. The molecule has 1 aliphatic rings. The summed E-state index contributed by atoms with van der Waals surface area (Å²) in [5.74, 6) is -1.01. The van der Waals surface area contributed by atoms with Crippen LogP contribution in [0.15, 0.2) is 42.5 Å². The zero-order valence-corrected chi connectivity index (χ0v) is 14.4. The lowest BCUT2D eigenvalue weighted by Gasteiger charge is -2.31. The predicted molar refractivity (Wildman–Crippen MR) is 94.3 cm³/mol.